The molecule has 1 atom stereocenters. The molecule has 2 aromatic carbocycles. The van der Waals surface area contributed by atoms with Crippen LogP contribution in [0.3, 0.4) is 0 Å². The molecule has 4 heteroatoms. The van der Waals surface area contributed by atoms with Crippen LogP contribution in [0.15, 0.2) is 40.9 Å². The fourth-order valence-corrected chi connectivity index (χ4v) is 3.24. The number of aryl methyl sites for hydroxylation is 1. The van der Waals surface area contributed by atoms with Crippen LogP contribution in [0.5, 0.6) is 5.75 Å². The Morgan fingerprint density at radius 2 is 2.10 bits per heavy atom. The zero-order valence-electron chi connectivity index (χ0n) is 11.8. The van der Waals surface area contributed by atoms with Crippen LogP contribution in [-0.4, -0.2) is 6.61 Å². The van der Waals surface area contributed by atoms with E-state index in [9.17, 15) is 0 Å². The maximum atomic E-state index is 6.03. The number of ether oxygens (including phenoxy) is 1. The summed E-state index contributed by atoms with van der Waals surface area (Å²) >= 11 is 9.54. The number of halogens is 2. The molecule has 0 fully saturated rings. The highest BCUT2D eigenvalue weighted by molar-refractivity contribution is 9.10. The molecule has 1 unspecified atom stereocenters. The van der Waals surface area contributed by atoms with Gasteiger partial charge >= 0.3 is 0 Å². The summed E-state index contributed by atoms with van der Waals surface area (Å²) < 4.78 is 6.90. The monoisotopic (exact) mass is 365 g/mol. The Balaban J connectivity index is 1.92. The lowest BCUT2D eigenvalue weighted by atomic mass is 10.0. The molecular formula is C17H17BrClNO. The Morgan fingerprint density at radius 3 is 2.90 bits per heavy atom. The van der Waals surface area contributed by atoms with Gasteiger partial charge in [0.2, 0.25) is 0 Å². The summed E-state index contributed by atoms with van der Waals surface area (Å²) in [7, 11) is 0. The molecule has 0 spiro atoms. The third-order valence-electron chi connectivity index (χ3n) is 3.76. The van der Waals surface area contributed by atoms with Gasteiger partial charge in [-0.3, -0.25) is 0 Å². The van der Waals surface area contributed by atoms with E-state index < -0.39 is 0 Å². The molecule has 1 aliphatic heterocycles. The molecule has 1 aliphatic rings. The second kappa shape index (κ2) is 6.29. The van der Waals surface area contributed by atoms with E-state index in [0.29, 0.717) is 0 Å². The summed E-state index contributed by atoms with van der Waals surface area (Å²) in [5.74, 6) is 0.964. The van der Waals surface area contributed by atoms with E-state index in [0.717, 1.165) is 45.9 Å². The standard InChI is InChI=1S/C17H17BrClNO/c1-11-9-13(19)5-7-15(11)20-16-3-2-8-21-17-10-12(18)4-6-14(16)17/h4-7,9-10,16,20H,2-3,8H2,1H3. The summed E-state index contributed by atoms with van der Waals surface area (Å²) in [6.07, 6.45) is 2.09. The number of rotatable bonds is 2. The van der Waals surface area contributed by atoms with Gasteiger partial charge in [-0.1, -0.05) is 33.6 Å². The Bertz CT molecular complexity index is 659. The summed E-state index contributed by atoms with van der Waals surface area (Å²) in [6.45, 7) is 2.84. The van der Waals surface area contributed by atoms with Crippen molar-refractivity contribution in [1.29, 1.82) is 0 Å². The van der Waals surface area contributed by atoms with E-state index in [1.165, 1.54) is 5.56 Å². The maximum absolute atomic E-state index is 6.03. The molecule has 1 heterocycles. The zero-order valence-corrected chi connectivity index (χ0v) is 14.2. The molecule has 0 aliphatic carbocycles. The summed E-state index contributed by atoms with van der Waals surface area (Å²) in [5, 5.41) is 4.41. The Kier molecular flexibility index (Phi) is 4.41. The van der Waals surface area contributed by atoms with E-state index in [4.69, 9.17) is 16.3 Å². The van der Waals surface area contributed by atoms with Crippen molar-refractivity contribution in [1.82, 2.24) is 0 Å². The number of hydrogen-bond donors (Lipinski definition) is 1. The van der Waals surface area contributed by atoms with E-state index >= 15 is 0 Å². The van der Waals surface area contributed by atoms with Gasteiger partial charge in [0.05, 0.1) is 12.6 Å². The molecule has 110 valence electrons. The number of nitrogens with one attached hydrogen (secondary N) is 1. The molecule has 2 aromatic rings. The fourth-order valence-electron chi connectivity index (χ4n) is 2.67. The first-order valence-electron chi connectivity index (χ1n) is 7.08. The summed E-state index contributed by atoms with van der Waals surface area (Å²) in [4.78, 5) is 0. The van der Waals surface area contributed by atoms with Gasteiger partial charge in [-0.15, -0.1) is 0 Å². The van der Waals surface area contributed by atoms with Gasteiger partial charge in [0.15, 0.2) is 0 Å². The first-order chi connectivity index (χ1) is 10.1. The SMILES string of the molecule is Cc1cc(Cl)ccc1NC1CCCOc2cc(Br)ccc21. The lowest BCUT2D eigenvalue weighted by Gasteiger charge is -2.21. The summed E-state index contributed by atoms with van der Waals surface area (Å²) in [5.41, 5.74) is 3.50. The van der Waals surface area contributed by atoms with E-state index in [-0.39, 0.29) is 6.04 Å². The molecule has 21 heavy (non-hydrogen) atoms. The van der Waals surface area contributed by atoms with Gasteiger partial charge in [0.1, 0.15) is 5.75 Å². The molecule has 1 N–H and O–H groups in total. The average molecular weight is 367 g/mol. The van der Waals surface area contributed by atoms with Crippen LogP contribution in [0.4, 0.5) is 5.69 Å². The van der Waals surface area contributed by atoms with Gasteiger partial charge in [-0.25, -0.2) is 0 Å². The van der Waals surface area contributed by atoms with Crippen LogP contribution in [-0.2, 0) is 0 Å². The number of benzene rings is 2. The molecule has 0 aromatic heterocycles. The first-order valence-corrected chi connectivity index (χ1v) is 8.25. The number of hydrogen-bond acceptors (Lipinski definition) is 2. The largest absolute Gasteiger partial charge is 0.493 e. The van der Waals surface area contributed by atoms with Crippen LogP contribution in [0.2, 0.25) is 5.02 Å². The van der Waals surface area contributed by atoms with Crippen LogP contribution in [0.25, 0.3) is 0 Å². The van der Waals surface area contributed by atoms with Crippen LogP contribution in [0.1, 0.15) is 30.0 Å². The number of anilines is 1. The van der Waals surface area contributed by atoms with E-state index in [1.54, 1.807) is 0 Å². The number of fused-ring (bicyclic) bond motifs is 1. The van der Waals surface area contributed by atoms with Crippen molar-refractivity contribution in [2.75, 3.05) is 11.9 Å². The van der Waals surface area contributed by atoms with E-state index in [1.807, 2.05) is 24.3 Å². The van der Waals surface area contributed by atoms with Crippen molar-refractivity contribution in [2.24, 2.45) is 0 Å². The zero-order chi connectivity index (χ0) is 14.8. The maximum Gasteiger partial charge on any atom is 0.125 e. The van der Waals surface area contributed by atoms with Crippen LogP contribution >= 0.6 is 27.5 Å². The second-order valence-corrected chi connectivity index (χ2v) is 6.68. The van der Waals surface area contributed by atoms with Gasteiger partial charge < -0.3 is 10.1 Å². The molecule has 0 radical (unpaired) electrons. The molecule has 0 saturated heterocycles. The van der Waals surface area contributed by atoms with Crippen molar-refractivity contribution in [3.05, 3.63) is 57.0 Å². The molecule has 0 amide bonds. The first kappa shape index (κ1) is 14.7. The minimum Gasteiger partial charge on any atom is -0.493 e. The molecule has 2 nitrogen and oxygen atoms in total. The normalized spacial score (nSPS) is 17.6. The minimum absolute atomic E-state index is 0.260. The predicted octanol–water partition coefficient (Wildman–Crippen LogP) is 5.74. The topological polar surface area (TPSA) is 21.3 Å². The molecule has 0 bridgehead atoms. The van der Waals surface area contributed by atoms with Crippen molar-refractivity contribution >= 4 is 33.2 Å². The minimum atomic E-state index is 0.260. The van der Waals surface area contributed by atoms with Crippen molar-refractivity contribution in [3.63, 3.8) is 0 Å². The smallest absolute Gasteiger partial charge is 0.125 e. The average Bonchev–Trinajstić information content (AvgIpc) is 2.64. The molecule has 0 saturated carbocycles. The molecular weight excluding hydrogens is 350 g/mol. The Labute approximate surface area is 138 Å². The van der Waals surface area contributed by atoms with Gasteiger partial charge in [-0.05, 0) is 55.7 Å². The summed E-state index contributed by atoms with van der Waals surface area (Å²) in [6, 6.07) is 12.5. The third-order valence-corrected chi connectivity index (χ3v) is 4.49. The highest BCUT2D eigenvalue weighted by Crippen LogP contribution is 2.36. The van der Waals surface area contributed by atoms with Crippen molar-refractivity contribution in [2.45, 2.75) is 25.8 Å². The molecule has 3 rings (SSSR count). The van der Waals surface area contributed by atoms with Gasteiger partial charge in [0, 0.05) is 20.7 Å². The highest BCUT2D eigenvalue weighted by atomic mass is 79.9. The van der Waals surface area contributed by atoms with Crippen LogP contribution < -0.4 is 10.1 Å². The second-order valence-electron chi connectivity index (χ2n) is 5.33. The third kappa shape index (κ3) is 3.35. The van der Waals surface area contributed by atoms with Gasteiger partial charge in [0.25, 0.3) is 0 Å². The lowest BCUT2D eigenvalue weighted by Crippen LogP contribution is -2.11. The Hall–Kier alpha value is -1.19. The Morgan fingerprint density at radius 1 is 1.24 bits per heavy atom. The van der Waals surface area contributed by atoms with Crippen LogP contribution in [0, 0.1) is 6.92 Å². The quantitative estimate of drug-likeness (QED) is 0.732. The fraction of sp³-hybridized carbons (Fsp3) is 0.294. The van der Waals surface area contributed by atoms with Crippen molar-refractivity contribution in [3.8, 4) is 5.75 Å². The lowest BCUT2D eigenvalue weighted by molar-refractivity contribution is 0.316. The van der Waals surface area contributed by atoms with Crippen molar-refractivity contribution < 1.29 is 4.74 Å². The predicted molar refractivity (Wildman–Crippen MR) is 91.4 cm³/mol. The van der Waals surface area contributed by atoms with Gasteiger partial charge in [-0.2, -0.15) is 0 Å². The highest BCUT2D eigenvalue weighted by Gasteiger charge is 2.20. The van der Waals surface area contributed by atoms with E-state index in [2.05, 4.69) is 40.3 Å².